The van der Waals surface area contributed by atoms with E-state index >= 15 is 0 Å². The fourth-order valence-corrected chi connectivity index (χ4v) is 5.60. The summed E-state index contributed by atoms with van der Waals surface area (Å²) in [6, 6.07) is 7.70. The van der Waals surface area contributed by atoms with Crippen molar-refractivity contribution in [1.82, 2.24) is 0 Å². The predicted molar refractivity (Wildman–Crippen MR) is 94.5 cm³/mol. The summed E-state index contributed by atoms with van der Waals surface area (Å²) in [4.78, 5) is 1.42. The molecule has 0 heterocycles. The zero-order chi connectivity index (χ0) is 16.4. The molecule has 0 aliphatic heterocycles. The van der Waals surface area contributed by atoms with Crippen molar-refractivity contribution >= 4 is 18.9 Å². The van der Waals surface area contributed by atoms with Crippen molar-refractivity contribution in [2.24, 2.45) is 5.41 Å². The van der Waals surface area contributed by atoms with Crippen molar-refractivity contribution in [2.75, 3.05) is 0 Å². The Labute approximate surface area is 132 Å². The molecule has 1 N–H and O–H groups in total. The van der Waals surface area contributed by atoms with Crippen LogP contribution in [0, 0.1) is 12.3 Å². The molecule has 118 valence electrons. The van der Waals surface area contributed by atoms with E-state index in [1.807, 2.05) is 52.0 Å². The second-order valence-corrected chi connectivity index (χ2v) is 14.3. The lowest BCUT2D eigenvalue weighted by Gasteiger charge is -2.29. The molecule has 4 heteroatoms. The Bertz CT molecular complexity index is 533. The van der Waals surface area contributed by atoms with E-state index in [2.05, 4.69) is 25.3 Å². The highest BCUT2D eigenvalue weighted by molar-refractivity contribution is 7.89. The second-order valence-electron chi connectivity index (χ2n) is 7.76. The molecule has 0 bridgehead atoms. The smallest absolute Gasteiger partial charge is 0.0918 e. The lowest BCUT2D eigenvalue weighted by molar-refractivity contribution is 0.102. The fraction of sp³-hybridized carbons (Fsp3) is 0.529. The van der Waals surface area contributed by atoms with E-state index < -0.39 is 25.0 Å². The maximum atomic E-state index is 12.9. The van der Waals surface area contributed by atoms with Gasteiger partial charge < -0.3 is 5.11 Å². The summed E-state index contributed by atoms with van der Waals surface area (Å²) in [6.45, 7) is 14.5. The van der Waals surface area contributed by atoms with Crippen molar-refractivity contribution in [3.05, 3.63) is 40.4 Å². The third-order valence-corrected chi connectivity index (χ3v) is 5.97. The molecule has 0 saturated carbocycles. The van der Waals surface area contributed by atoms with Crippen LogP contribution in [0.3, 0.4) is 0 Å². The summed E-state index contributed by atoms with van der Waals surface area (Å²) in [5, 5.41) is 10.7. The molecule has 1 rings (SSSR count). The molecule has 0 aliphatic rings. The Morgan fingerprint density at radius 3 is 2.05 bits per heavy atom. The number of benzene rings is 1. The van der Waals surface area contributed by atoms with Gasteiger partial charge in [-0.25, -0.2) is 4.21 Å². The Kier molecular flexibility index (Phi) is 5.75. The average molecular weight is 325 g/mol. The van der Waals surface area contributed by atoms with Crippen LogP contribution in [-0.2, 0) is 10.8 Å². The van der Waals surface area contributed by atoms with Crippen LogP contribution in [-0.4, -0.2) is 23.5 Å². The topological polar surface area (TPSA) is 37.3 Å². The van der Waals surface area contributed by atoms with E-state index in [0.717, 1.165) is 10.5 Å². The Hall–Kier alpha value is -0.713. The fourth-order valence-electron chi connectivity index (χ4n) is 1.89. The average Bonchev–Trinajstić information content (AvgIpc) is 2.33. The summed E-state index contributed by atoms with van der Waals surface area (Å²) in [7, 11) is -2.89. The minimum absolute atomic E-state index is 0.328. The van der Waals surface area contributed by atoms with Crippen LogP contribution in [0.25, 0.3) is 0 Å². The van der Waals surface area contributed by atoms with Crippen LogP contribution in [0.2, 0.25) is 19.6 Å². The van der Waals surface area contributed by atoms with Crippen LogP contribution >= 0.6 is 0 Å². The molecule has 0 aliphatic carbocycles. The number of hydrogen-bond acceptors (Lipinski definition) is 2. The normalized spacial score (nSPS) is 16.7. The molecule has 0 aromatic heterocycles. The van der Waals surface area contributed by atoms with Gasteiger partial charge in [-0.2, -0.15) is 0 Å². The van der Waals surface area contributed by atoms with Gasteiger partial charge in [0.2, 0.25) is 0 Å². The maximum Gasteiger partial charge on any atom is 0.0918 e. The number of aliphatic hydroxyl groups is 1. The van der Waals surface area contributed by atoms with E-state index in [4.69, 9.17) is 0 Å². The van der Waals surface area contributed by atoms with Gasteiger partial charge in [0.25, 0.3) is 0 Å². The molecule has 21 heavy (non-hydrogen) atoms. The van der Waals surface area contributed by atoms with Crippen molar-refractivity contribution in [1.29, 1.82) is 0 Å². The van der Waals surface area contributed by atoms with Gasteiger partial charge in [0.1, 0.15) is 0 Å². The highest BCUT2D eigenvalue weighted by Crippen LogP contribution is 2.30. The Morgan fingerprint density at radius 2 is 1.67 bits per heavy atom. The predicted octanol–water partition coefficient (Wildman–Crippen LogP) is 4.27. The summed E-state index contributed by atoms with van der Waals surface area (Å²) >= 11 is 0. The zero-order valence-electron chi connectivity index (χ0n) is 14.2. The van der Waals surface area contributed by atoms with Crippen LogP contribution < -0.4 is 0 Å². The SMILES string of the molecule is Cc1ccc([S@@](=O)/C(=C/[Si](C)(C)C)[C@@H](O)C(C)(C)C)cc1. The number of rotatable bonds is 4. The van der Waals surface area contributed by atoms with Gasteiger partial charge in [-0.05, 0) is 24.5 Å². The molecule has 0 unspecified atom stereocenters. The molecule has 0 radical (unpaired) electrons. The number of aryl methyl sites for hydroxylation is 1. The highest BCUT2D eigenvalue weighted by Gasteiger charge is 2.31. The summed E-state index contributed by atoms with van der Waals surface area (Å²) in [5.41, 5.74) is 2.90. The largest absolute Gasteiger partial charge is 0.387 e. The van der Waals surface area contributed by atoms with E-state index in [0.29, 0.717) is 4.91 Å². The monoisotopic (exact) mass is 324 g/mol. The summed E-state index contributed by atoms with van der Waals surface area (Å²) in [6.07, 6.45) is -0.702. The van der Waals surface area contributed by atoms with Gasteiger partial charge in [0, 0.05) is 9.80 Å². The molecule has 1 aromatic rings. The van der Waals surface area contributed by atoms with Crippen LogP contribution in [0.5, 0.6) is 0 Å². The van der Waals surface area contributed by atoms with Crippen molar-refractivity contribution in [2.45, 2.75) is 58.3 Å². The standard InChI is InChI=1S/C17H28O2SSi/c1-13-8-10-14(11-9-13)20(19)15(12-21(5,6)7)16(18)17(2,3)4/h8-12,16,18H,1-7H3/b15-12+/t16-,20-/m1/s1. The van der Waals surface area contributed by atoms with Gasteiger partial charge in [0.05, 0.1) is 25.0 Å². The molecule has 2 nitrogen and oxygen atoms in total. The maximum absolute atomic E-state index is 12.9. The minimum atomic E-state index is -1.58. The first-order valence-electron chi connectivity index (χ1n) is 7.31. The molecular formula is C17H28O2SSi. The third kappa shape index (κ3) is 5.53. The lowest BCUT2D eigenvalue weighted by Crippen LogP contribution is -2.32. The first-order chi connectivity index (χ1) is 9.42. The second kappa shape index (κ2) is 6.59. The van der Waals surface area contributed by atoms with Gasteiger partial charge >= 0.3 is 0 Å². The summed E-state index contributed by atoms with van der Waals surface area (Å²) < 4.78 is 12.9. The Balaban J connectivity index is 3.28. The van der Waals surface area contributed by atoms with E-state index in [1.165, 1.54) is 0 Å². The minimum Gasteiger partial charge on any atom is -0.387 e. The first kappa shape index (κ1) is 18.3. The quantitative estimate of drug-likeness (QED) is 0.840. The number of aliphatic hydroxyl groups excluding tert-OH is 1. The van der Waals surface area contributed by atoms with Gasteiger partial charge in [-0.1, -0.05) is 63.8 Å². The van der Waals surface area contributed by atoms with E-state index in [1.54, 1.807) is 0 Å². The highest BCUT2D eigenvalue weighted by atomic mass is 32.2. The van der Waals surface area contributed by atoms with Gasteiger partial charge in [0.15, 0.2) is 0 Å². The van der Waals surface area contributed by atoms with Crippen molar-refractivity contribution < 1.29 is 9.32 Å². The Morgan fingerprint density at radius 1 is 1.19 bits per heavy atom. The van der Waals surface area contributed by atoms with Gasteiger partial charge in [-0.15, -0.1) is 0 Å². The van der Waals surface area contributed by atoms with E-state index in [9.17, 15) is 9.32 Å². The van der Waals surface area contributed by atoms with Gasteiger partial charge in [-0.3, -0.25) is 0 Å². The molecule has 0 amide bonds. The van der Waals surface area contributed by atoms with Crippen LogP contribution in [0.1, 0.15) is 26.3 Å². The molecular weight excluding hydrogens is 296 g/mol. The van der Waals surface area contributed by atoms with Crippen LogP contribution in [0.15, 0.2) is 39.8 Å². The first-order valence-corrected chi connectivity index (χ1v) is 12.0. The van der Waals surface area contributed by atoms with Crippen LogP contribution in [0.4, 0.5) is 0 Å². The number of hydrogen-bond donors (Lipinski definition) is 1. The third-order valence-electron chi connectivity index (χ3n) is 3.11. The molecule has 0 spiro atoms. The molecule has 2 atom stereocenters. The molecule has 1 aromatic carbocycles. The van der Waals surface area contributed by atoms with Crippen molar-refractivity contribution in [3.63, 3.8) is 0 Å². The molecule has 0 saturated heterocycles. The lowest BCUT2D eigenvalue weighted by atomic mass is 9.89. The van der Waals surface area contributed by atoms with E-state index in [-0.39, 0.29) is 5.41 Å². The van der Waals surface area contributed by atoms with Crippen molar-refractivity contribution in [3.8, 4) is 0 Å². The summed E-state index contributed by atoms with van der Waals surface area (Å²) in [5.74, 6) is 0. The zero-order valence-corrected chi connectivity index (χ0v) is 16.0. The molecule has 0 fully saturated rings.